The van der Waals surface area contributed by atoms with Crippen molar-refractivity contribution in [1.82, 2.24) is 9.97 Å². The van der Waals surface area contributed by atoms with Gasteiger partial charge in [-0.2, -0.15) is 59.1 Å². The molecule has 5 aromatic rings. The molecule has 8 nitrogen and oxygen atoms in total. The van der Waals surface area contributed by atoms with Crippen LogP contribution in [0, 0.1) is 115 Å². The summed E-state index contributed by atoms with van der Waals surface area (Å²) in [6.07, 6.45) is 0. The van der Waals surface area contributed by atoms with Crippen LogP contribution in [0.15, 0.2) is 60.7 Å². The maximum atomic E-state index is 15.4. The summed E-state index contributed by atoms with van der Waals surface area (Å²) in [6.45, 7) is 0. The average molecular weight is 779 g/mol. The summed E-state index contributed by atoms with van der Waals surface area (Å²) in [5.41, 5.74) is -8.16. The normalized spacial score (nSPS) is 14.4. The number of pyridine rings is 2. The van der Waals surface area contributed by atoms with E-state index >= 15 is 17.6 Å². The summed E-state index contributed by atoms with van der Waals surface area (Å²) in [4.78, 5) is 5.08. The second kappa shape index (κ2) is 14.2. The average Bonchev–Trinajstić information content (AvgIpc) is 3.72. The van der Waals surface area contributed by atoms with Crippen molar-refractivity contribution in [2.45, 2.75) is 0 Å². The first-order chi connectivity index (χ1) is 27.8. The van der Waals surface area contributed by atoms with Gasteiger partial charge in [0.05, 0.1) is 56.7 Å². The van der Waals surface area contributed by atoms with Crippen LogP contribution in [-0.4, -0.2) is 9.97 Å². The molecule has 0 spiro atoms. The van der Waals surface area contributed by atoms with Crippen LogP contribution in [0.3, 0.4) is 0 Å². The van der Waals surface area contributed by atoms with Crippen LogP contribution in [0.2, 0.25) is 0 Å². The number of aromatic nitrogens is 2. The minimum absolute atomic E-state index is 0.0279. The molecule has 16 heteroatoms. The number of nitrogens with zero attached hydrogens (tertiary/aromatic N) is 8. The summed E-state index contributed by atoms with van der Waals surface area (Å²) < 4.78 is 120. The van der Waals surface area contributed by atoms with E-state index in [4.69, 9.17) is 0 Å². The van der Waals surface area contributed by atoms with Gasteiger partial charge in [0.1, 0.15) is 24.3 Å². The molecule has 0 unspecified atom stereocenters. The highest BCUT2D eigenvalue weighted by Gasteiger charge is 2.40. The van der Waals surface area contributed by atoms with E-state index in [2.05, 4.69) is 9.97 Å². The van der Waals surface area contributed by atoms with Gasteiger partial charge in [-0.3, -0.25) is 0 Å². The van der Waals surface area contributed by atoms with Crippen LogP contribution in [0.1, 0.15) is 55.6 Å². The lowest BCUT2D eigenvalue weighted by molar-refractivity contribution is 0.404. The Morgan fingerprint density at radius 1 is 0.414 bits per heavy atom. The third-order valence-electron chi connectivity index (χ3n) is 9.28. The molecule has 3 aromatic carbocycles. The smallest absolute Gasteiger partial charge is 0.201 e. The summed E-state index contributed by atoms with van der Waals surface area (Å²) >= 11 is 0. The van der Waals surface area contributed by atoms with Crippen molar-refractivity contribution in [2.24, 2.45) is 0 Å². The molecule has 7 rings (SSSR count). The fraction of sp³-hybridized carbons (Fsp3) is 0. The number of hydrogen-bond donors (Lipinski definition) is 0. The molecule has 2 aliphatic carbocycles. The fourth-order valence-electron chi connectivity index (χ4n) is 6.85. The molecule has 0 bridgehead atoms. The van der Waals surface area contributed by atoms with Crippen molar-refractivity contribution in [2.75, 3.05) is 0 Å². The minimum atomic E-state index is -2.12. The molecular formula is C42H10F8N8. The van der Waals surface area contributed by atoms with Gasteiger partial charge in [-0.25, -0.2) is 17.6 Å². The number of halogens is 8. The molecule has 2 aromatic heterocycles. The topological polar surface area (TPSA) is 169 Å². The highest BCUT2D eigenvalue weighted by Crippen LogP contribution is 2.56. The Morgan fingerprint density at radius 3 is 0.983 bits per heavy atom. The lowest BCUT2D eigenvalue weighted by atomic mass is 9.87. The van der Waals surface area contributed by atoms with Crippen molar-refractivity contribution in [1.29, 1.82) is 31.6 Å². The molecule has 0 fully saturated rings. The summed E-state index contributed by atoms with van der Waals surface area (Å²) in [7, 11) is 0. The van der Waals surface area contributed by atoms with Crippen molar-refractivity contribution in [3.8, 4) is 36.4 Å². The molecule has 0 N–H and O–H groups in total. The maximum absolute atomic E-state index is 15.4. The monoisotopic (exact) mass is 778 g/mol. The summed E-state index contributed by atoms with van der Waals surface area (Å²) in [5.74, 6) is -16.8. The van der Waals surface area contributed by atoms with Gasteiger partial charge in [-0.1, -0.05) is 24.3 Å². The lowest BCUT2D eigenvalue weighted by Crippen LogP contribution is -2.07. The number of nitriles is 6. The quantitative estimate of drug-likeness (QED) is 0.0989. The van der Waals surface area contributed by atoms with Crippen LogP contribution in [0.25, 0.3) is 44.6 Å². The summed E-state index contributed by atoms with van der Waals surface area (Å²) in [5, 5.41) is 61.1. The predicted molar refractivity (Wildman–Crippen MR) is 187 cm³/mol. The zero-order valence-electron chi connectivity index (χ0n) is 28.4. The first kappa shape index (κ1) is 37.6. The highest BCUT2D eigenvalue weighted by atomic mass is 19.2. The van der Waals surface area contributed by atoms with Crippen LogP contribution in [0.5, 0.6) is 0 Å². The van der Waals surface area contributed by atoms with E-state index in [-0.39, 0.29) is 66.8 Å². The minimum Gasteiger partial charge on any atom is -0.201 e. The Balaban J connectivity index is 1.70. The number of allylic oxidation sites excluding steroid dienone is 8. The first-order valence-corrected chi connectivity index (χ1v) is 16.0. The van der Waals surface area contributed by atoms with E-state index in [1.807, 2.05) is 24.3 Å². The van der Waals surface area contributed by atoms with Crippen LogP contribution in [-0.2, 0) is 0 Å². The second-order valence-corrected chi connectivity index (χ2v) is 12.2. The van der Waals surface area contributed by atoms with Crippen LogP contribution >= 0.6 is 0 Å². The molecule has 0 aliphatic heterocycles. The second-order valence-electron chi connectivity index (χ2n) is 12.2. The molecule has 0 atom stereocenters. The molecule has 2 heterocycles. The highest BCUT2D eigenvalue weighted by molar-refractivity contribution is 6.34. The van der Waals surface area contributed by atoms with E-state index in [9.17, 15) is 49.1 Å². The zero-order valence-corrected chi connectivity index (χ0v) is 28.4. The Bertz CT molecular complexity index is 2870. The summed E-state index contributed by atoms with van der Waals surface area (Å²) in [6, 6.07) is 23.2. The van der Waals surface area contributed by atoms with Gasteiger partial charge < -0.3 is 0 Å². The Morgan fingerprint density at radius 2 is 0.724 bits per heavy atom. The Hall–Kier alpha value is -8.70. The van der Waals surface area contributed by atoms with Gasteiger partial charge in [0.25, 0.3) is 23.8 Å². The van der Waals surface area contributed by atoms with E-state index in [0.717, 1.165) is 12.1 Å². The molecule has 0 radical (unpaired) electrons. The van der Waals surface area contributed by atoms with Crippen LogP contribution < -0.4 is 0 Å². The molecular weight excluding hydrogens is 769 g/mol. The third-order valence-corrected chi connectivity index (χ3v) is 9.28. The van der Waals surface area contributed by atoms with Gasteiger partial charge in [-0.15, -0.1) is 0 Å². The van der Waals surface area contributed by atoms with E-state index in [1.54, 1.807) is 12.1 Å². The molecule has 0 amide bonds. The molecule has 58 heavy (non-hydrogen) atoms. The largest absolute Gasteiger partial charge is 0.252 e. The zero-order chi connectivity index (χ0) is 41.7. The van der Waals surface area contributed by atoms with E-state index < -0.39 is 80.5 Å². The Kier molecular flexibility index (Phi) is 9.19. The lowest BCUT2D eigenvalue weighted by Gasteiger charge is -2.15. The Labute approximate surface area is 320 Å². The SMILES string of the molecule is N#CC1=C(c2ccc(C#N)cc2)/C(=C(\C#N)c2c(F)c(F)nc(F)c2F)c2cc3c(cc21)/C(=C(/C#N)c1c(F)c(F)nc(F)c1F)C(c1ccc(C#N)cc1)=C3C#N. The number of benzene rings is 3. The standard InChI is InChI=1S/C42H10F8N8/c43-35-33(36(44)40(48)57-39(35)47)27(15-55)31-23-10-22-24(9-21(23)25(13-53)29(31)19-5-1-17(11-51)2-6-19)32(28(16-56)34-37(45)41(49)58-42(50)38(34)46)30(26(22)14-54)20-7-3-18(12-52)4-8-20/h1-10H/b31-27+,32-28+. The van der Waals surface area contributed by atoms with Crippen molar-refractivity contribution >= 4 is 44.6 Å². The van der Waals surface area contributed by atoms with Gasteiger partial charge in [0.2, 0.25) is 0 Å². The van der Waals surface area contributed by atoms with Gasteiger partial charge in [-0.05, 0) is 58.7 Å². The number of hydrogen-bond acceptors (Lipinski definition) is 8. The van der Waals surface area contributed by atoms with Crippen LogP contribution in [0.4, 0.5) is 35.1 Å². The van der Waals surface area contributed by atoms with E-state index in [0.29, 0.717) is 0 Å². The molecule has 0 saturated carbocycles. The van der Waals surface area contributed by atoms with E-state index in [1.165, 1.54) is 48.5 Å². The molecule has 274 valence electrons. The maximum Gasteiger partial charge on any atom is 0.252 e. The third kappa shape index (κ3) is 5.54. The fourth-order valence-corrected chi connectivity index (χ4v) is 6.85. The van der Waals surface area contributed by atoms with Gasteiger partial charge in [0, 0.05) is 33.4 Å². The van der Waals surface area contributed by atoms with Crippen molar-refractivity contribution in [3.63, 3.8) is 0 Å². The van der Waals surface area contributed by atoms with Crippen molar-refractivity contribution in [3.05, 3.63) is 163 Å². The first-order valence-electron chi connectivity index (χ1n) is 16.0. The number of rotatable bonds is 4. The predicted octanol–water partition coefficient (Wildman–Crippen LogP) is 9.10. The van der Waals surface area contributed by atoms with Crippen molar-refractivity contribution < 1.29 is 35.1 Å². The molecule has 0 saturated heterocycles. The van der Waals surface area contributed by atoms with Gasteiger partial charge in [0.15, 0.2) is 23.3 Å². The van der Waals surface area contributed by atoms with Gasteiger partial charge >= 0.3 is 0 Å². The molecule has 2 aliphatic rings. The number of fused-ring (bicyclic) bond motifs is 2.